The molecular weight excluding hydrogens is 212 g/mol. The SMILES string of the molecule is COC(C)(C)c1nnnn1C(C)CC(=O)O. The van der Waals surface area contributed by atoms with Crippen molar-refractivity contribution in [2.75, 3.05) is 7.11 Å². The van der Waals surface area contributed by atoms with Crippen LogP contribution in [0.5, 0.6) is 0 Å². The first-order valence-corrected chi connectivity index (χ1v) is 4.93. The Bertz CT molecular complexity index is 375. The molecule has 1 unspecified atom stereocenters. The summed E-state index contributed by atoms with van der Waals surface area (Å²) < 4.78 is 6.75. The van der Waals surface area contributed by atoms with Gasteiger partial charge in [0, 0.05) is 7.11 Å². The minimum Gasteiger partial charge on any atom is -0.481 e. The van der Waals surface area contributed by atoms with Crippen LogP contribution in [-0.4, -0.2) is 38.4 Å². The first-order valence-electron chi connectivity index (χ1n) is 4.93. The second-order valence-electron chi connectivity index (χ2n) is 4.11. The molecule has 1 heterocycles. The van der Waals surface area contributed by atoms with E-state index in [0.29, 0.717) is 5.82 Å². The van der Waals surface area contributed by atoms with E-state index in [2.05, 4.69) is 15.5 Å². The molecular formula is C9H16N4O3. The normalized spacial score (nSPS) is 13.8. The summed E-state index contributed by atoms with van der Waals surface area (Å²) in [5.41, 5.74) is -0.643. The van der Waals surface area contributed by atoms with Crippen LogP contribution in [0.15, 0.2) is 0 Å². The Hall–Kier alpha value is -1.50. The minimum absolute atomic E-state index is 0.0299. The Kier molecular flexibility index (Phi) is 3.58. The Morgan fingerprint density at radius 2 is 2.25 bits per heavy atom. The monoisotopic (exact) mass is 228 g/mol. The number of nitrogens with zero attached hydrogens (tertiary/aromatic N) is 4. The lowest BCUT2D eigenvalue weighted by Gasteiger charge is -2.23. The van der Waals surface area contributed by atoms with E-state index in [4.69, 9.17) is 9.84 Å². The molecule has 1 aromatic heterocycles. The van der Waals surface area contributed by atoms with E-state index in [1.165, 1.54) is 4.68 Å². The molecule has 0 aliphatic heterocycles. The second-order valence-corrected chi connectivity index (χ2v) is 4.11. The van der Waals surface area contributed by atoms with Gasteiger partial charge in [-0.2, -0.15) is 0 Å². The number of ether oxygens (including phenoxy) is 1. The largest absolute Gasteiger partial charge is 0.481 e. The fraction of sp³-hybridized carbons (Fsp3) is 0.778. The van der Waals surface area contributed by atoms with Crippen LogP contribution >= 0.6 is 0 Å². The molecule has 16 heavy (non-hydrogen) atoms. The molecule has 7 heteroatoms. The standard InChI is InChI=1S/C9H16N4O3/c1-6(5-7(14)15)13-8(10-11-12-13)9(2,3)16-4/h6H,5H2,1-4H3,(H,14,15). The fourth-order valence-electron chi connectivity index (χ4n) is 1.32. The van der Waals surface area contributed by atoms with E-state index in [1.54, 1.807) is 14.0 Å². The van der Waals surface area contributed by atoms with Crippen molar-refractivity contribution in [1.29, 1.82) is 0 Å². The molecule has 0 saturated heterocycles. The van der Waals surface area contributed by atoms with E-state index >= 15 is 0 Å². The third-order valence-electron chi connectivity index (χ3n) is 2.43. The highest BCUT2D eigenvalue weighted by atomic mass is 16.5. The number of rotatable bonds is 5. The van der Waals surface area contributed by atoms with Gasteiger partial charge in [0.1, 0.15) is 5.60 Å². The van der Waals surface area contributed by atoms with Crippen LogP contribution in [0.1, 0.15) is 39.1 Å². The quantitative estimate of drug-likeness (QED) is 0.793. The third kappa shape index (κ3) is 2.54. The highest BCUT2D eigenvalue weighted by molar-refractivity contribution is 5.67. The van der Waals surface area contributed by atoms with Crippen LogP contribution in [-0.2, 0) is 15.1 Å². The molecule has 1 aromatic rings. The average Bonchev–Trinajstić information content (AvgIpc) is 2.65. The molecule has 1 rings (SSSR count). The highest BCUT2D eigenvalue weighted by Crippen LogP contribution is 2.23. The van der Waals surface area contributed by atoms with Crippen molar-refractivity contribution in [2.24, 2.45) is 0 Å². The molecule has 0 amide bonds. The van der Waals surface area contributed by atoms with Crippen LogP contribution in [0, 0.1) is 0 Å². The molecule has 0 saturated carbocycles. The summed E-state index contributed by atoms with van der Waals surface area (Å²) in [5.74, 6) is -0.368. The van der Waals surface area contributed by atoms with E-state index < -0.39 is 11.6 Å². The molecule has 0 bridgehead atoms. The van der Waals surface area contributed by atoms with Gasteiger partial charge in [0.2, 0.25) is 0 Å². The minimum atomic E-state index is -0.885. The summed E-state index contributed by atoms with van der Waals surface area (Å²) in [6.07, 6.45) is -0.0299. The van der Waals surface area contributed by atoms with Gasteiger partial charge < -0.3 is 9.84 Å². The molecule has 1 N–H and O–H groups in total. The summed E-state index contributed by atoms with van der Waals surface area (Å²) in [5, 5.41) is 19.9. The lowest BCUT2D eigenvalue weighted by Crippen LogP contribution is -2.27. The van der Waals surface area contributed by atoms with E-state index in [0.717, 1.165) is 0 Å². The second kappa shape index (κ2) is 4.56. The Morgan fingerprint density at radius 3 is 2.75 bits per heavy atom. The molecule has 0 radical (unpaired) electrons. The van der Waals surface area contributed by atoms with Gasteiger partial charge in [0.05, 0.1) is 12.5 Å². The Balaban J connectivity index is 2.98. The molecule has 0 aromatic carbocycles. The zero-order chi connectivity index (χ0) is 12.3. The lowest BCUT2D eigenvalue weighted by molar-refractivity contribution is -0.137. The van der Waals surface area contributed by atoms with Crippen LogP contribution in [0.4, 0.5) is 0 Å². The van der Waals surface area contributed by atoms with Gasteiger partial charge in [-0.25, -0.2) is 4.68 Å². The third-order valence-corrected chi connectivity index (χ3v) is 2.43. The van der Waals surface area contributed by atoms with Crippen molar-refractivity contribution in [2.45, 2.75) is 38.8 Å². The topological polar surface area (TPSA) is 90.1 Å². The maximum atomic E-state index is 10.6. The Morgan fingerprint density at radius 1 is 1.62 bits per heavy atom. The number of methoxy groups -OCH3 is 1. The molecule has 0 aliphatic carbocycles. The highest BCUT2D eigenvalue weighted by Gasteiger charge is 2.29. The fourth-order valence-corrected chi connectivity index (χ4v) is 1.32. The summed E-state index contributed by atoms with van der Waals surface area (Å²) in [6, 6.07) is -0.308. The van der Waals surface area contributed by atoms with Crippen LogP contribution in [0.3, 0.4) is 0 Å². The summed E-state index contributed by atoms with van der Waals surface area (Å²) in [4.78, 5) is 10.6. The van der Waals surface area contributed by atoms with Gasteiger partial charge in [-0.3, -0.25) is 4.79 Å². The van der Waals surface area contributed by atoms with Gasteiger partial charge in [-0.05, 0) is 31.2 Å². The molecule has 1 atom stereocenters. The number of hydrogen-bond donors (Lipinski definition) is 1. The lowest BCUT2D eigenvalue weighted by atomic mass is 10.1. The van der Waals surface area contributed by atoms with E-state index in [-0.39, 0.29) is 12.5 Å². The number of hydrogen-bond acceptors (Lipinski definition) is 5. The smallest absolute Gasteiger partial charge is 0.305 e. The predicted molar refractivity (Wildman–Crippen MR) is 54.8 cm³/mol. The van der Waals surface area contributed by atoms with Gasteiger partial charge in [0.25, 0.3) is 0 Å². The average molecular weight is 228 g/mol. The zero-order valence-corrected chi connectivity index (χ0v) is 9.84. The molecule has 7 nitrogen and oxygen atoms in total. The van der Waals surface area contributed by atoms with Gasteiger partial charge in [-0.15, -0.1) is 5.10 Å². The van der Waals surface area contributed by atoms with Crippen molar-refractivity contribution in [3.63, 3.8) is 0 Å². The Labute approximate surface area is 93.4 Å². The molecule has 0 aliphatic rings. The summed E-state index contributed by atoms with van der Waals surface area (Å²) >= 11 is 0. The van der Waals surface area contributed by atoms with Crippen molar-refractivity contribution >= 4 is 5.97 Å². The van der Waals surface area contributed by atoms with Crippen molar-refractivity contribution in [3.05, 3.63) is 5.82 Å². The number of aromatic nitrogens is 4. The van der Waals surface area contributed by atoms with Gasteiger partial charge >= 0.3 is 5.97 Å². The van der Waals surface area contributed by atoms with Crippen molar-refractivity contribution < 1.29 is 14.6 Å². The van der Waals surface area contributed by atoms with Crippen LogP contribution in [0.25, 0.3) is 0 Å². The number of carbonyl (C=O) groups is 1. The van der Waals surface area contributed by atoms with Crippen LogP contribution < -0.4 is 0 Å². The zero-order valence-electron chi connectivity index (χ0n) is 9.84. The summed E-state index contributed by atoms with van der Waals surface area (Å²) in [7, 11) is 1.56. The van der Waals surface area contributed by atoms with E-state index in [1.807, 2.05) is 13.8 Å². The van der Waals surface area contributed by atoms with Gasteiger partial charge in [-0.1, -0.05) is 0 Å². The summed E-state index contributed by atoms with van der Waals surface area (Å²) in [6.45, 7) is 5.39. The van der Waals surface area contributed by atoms with Crippen molar-refractivity contribution in [1.82, 2.24) is 20.2 Å². The number of carboxylic acid groups (broad SMARTS) is 1. The predicted octanol–water partition coefficient (Wildman–Crippen LogP) is 0.590. The van der Waals surface area contributed by atoms with Crippen LogP contribution in [0.2, 0.25) is 0 Å². The van der Waals surface area contributed by atoms with Gasteiger partial charge in [0.15, 0.2) is 5.82 Å². The first-order chi connectivity index (χ1) is 7.38. The maximum absolute atomic E-state index is 10.6. The number of tetrazole rings is 1. The number of aliphatic carboxylic acids is 1. The number of carboxylic acids is 1. The molecule has 0 fully saturated rings. The van der Waals surface area contributed by atoms with E-state index in [9.17, 15) is 4.79 Å². The van der Waals surface area contributed by atoms with Crippen molar-refractivity contribution in [3.8, 4) is 0 Å². The first kappa shape index (κ1) is 12.6. The maximum Gasteiger partial charge on any atom is 0.305 e. The molecule has 90 valence electrons. The molecule has 0 spiro atoms.